The van der Waals surface area contributed by atoms with Crippen LogP contribution < -0.4 is 9.47 Å². The van der Waals surface area contributed by atoms with E-state index in [0.29, 0.717) is 17.1 Å². The van der Waals surface area contributed by atoms with E-state index in [0.717, 1.165) is 11.1 Å². The summed E-state index contributed by atoms with van der Waals surface area (Å²) in [6.45, 7) is 2.14. The molecule has 3 aromatic rings. The number of para-hydroxylation sites is 1. The molecule has 3 aromatic carbocycles. The number of nitriles is 1. The van der Waals surface area contributed by atoms with Crippen molar-refractivity contribution in [3.05, 3.63) is 94.4 Å². The molecule has 0 fully saturated rings. The lowest BCUT2D eigenvalue weighted by Gasteiger charge is -2.14. The number of sulfone groups is 1. The minimum atomic E-state index is -3.97. The molecule has 0 N–H and O–H groups in total. The zero-order valence-corrected chi connectivity index (χ0v) is 17.5. The van der Waals surface area contributed by atoms with Crippen LogP contribution in [0.15, 0.2) is 82.6 Å². The second-order valence-electron chi connectivity index (χ2n) is 6.59. The zero-order chi connectivity index (χ0) is 21.6. The van der Waals surface area contributed by atoms with Gasteiger partial charge in [-0.05, 0) is 36.8 Å². The second kappa shape index (κ2) is 9.29. The highest BCUT2D eigenvalue weighted by Crippen LogP contribution is 2.34. The summed E-state index contributed by atoms with van der Waals surface area (Å²) in [4.78, 5) is -0.306. The second-order valence-corrected chi connectivity index (χ2v) is 8.51. The van der Waals surface area contributed by atoms with E-state index in [-0.39, 0.29) is 16.4 Å². The van der Waals surface area contributed by atoms with E-state index in [1.807, 2.05) is 43.3 Å². The van der Waals surface area contributed by atoms with E-state index in [1.54, 1.807) is 30.3 Å². The third-order valence-corrected chi connectivity index (χ3v) is 6.15. The molecular weight excluding hydrogens is 398 g/mol. The molecule has 0 unspecified atom stereocenters. The first-order chi connectivity index (χ1) is 14.5. The van der Waals surface area contributed by atoms with Crippen molar-refractivity contribution in [1.29, 1.82) is 5.26 Å². The van der Waals surface area contributed by atoms with Crippen molar-refractivity contribution in [2.45, 2.75) is 18.4 Å². The monoisotopic (exact) mass is 419 g/mol. The Kier molecular flexibility index (Phi) is 6.55. The van der Waals surface area contributed by atoms with E-state index < -0.39 is 9.84 Å². The Morgan fingerprint density at radius 2 is 1.70 bits per heavy atom. The summed E-state index contributed by atoms with van der Waals surface area (Å²) >= 11 is 0. The van der Waals surface area contributed by atoms with Crippen molar-refractivity contribution in [1.82, 2.24) is 0 Å². The number of benzene rings is 3. The van der Waals surface area contributed by atoms with Crippen LogP contribution in [0.3, 0.4) is 0 Å². The molecule has 0 atom stereocenters. The summed E-state index contributed by atoms with van der Waals surface area (Å²) in [5, 5.41) is 9.59. The topological polar surface area (TPSA) is 76.4 Å². The predicted octanol–water partition coefficient (Wildman–Crippen LogP) is 4.92. The first kappa shape index (κ1) is 21.2. The van der Waals surface area contributed by atoms with Gasteiger partial charge in [-0.2, -0.15) is 5.26 Å². The third-order valence-electron chi connectivity index (χ3n) is 4.47. The van der Waals surface area contributed by atoms with Gasteiger partial charge in [-0.15, -0.1) is 0 Å². The van der Waals surface area contributed by atoms with Gasteiger partial charge in [-0.25, -0.2) is 8.42 Å². The number of allylic oxidation sites excluding steroid dienone is 1. The smallest absolute Gasteiger partial charge is 0.216 e. The van der Waals surface area contributed by atoms with Gasteiger partial charge in [0.25, 0.3) is 0 Å². The summed E-state index contributed by atoms with van der Waals surface area (Å²) in [6.07, 6.45) is 1.32. The van der Waals surface area contributed by atoms with Gasteiger partial charge < -0.3 is 9.47 Å². The SMILES string of the molecule is COc1cccc(C=C(C#N)S(=O)(=O)c2ccc(C)cc2)c1OCc1ccccc1. The molecule has 0 bridgehead atoms. The van der Waals surface area contributed by atoms with Crippen molar-refractivity contribution in [2.24, 2.45) is 0 Å². The minimum Gasteiger partial charge on any atom is -0.493 e. The van der Waals surface area contributed by atoms with Gasteiger partial charge in [0.2, 0.25) is 9.84 Å². The van der Waals surface area contributed by atoms with Crippen LogP contribution in [0.25, 0.3) is 6.08 Å². The lowest BCUT2D eigenvalue weighted by molar-refractivity contribution is 0.284. The molecular formula is C24H21NO4S. The first-order valence-corrected chi connectivity index (χ1v) is 10.7. The molecule has 0 aliphatic rings. The van der Waals surface area contributed by atoms with Gasteiger partial charge in [-0.1, -0.05) is 60.2 Å². The highest BCUT2D eigenvalue weighted by Gasteiger charge is 2.22. The molecule has 0 saturated carbocycles. The van der Waals surface area contributed by atoms with E-state index >= 15 is 0 Å². The summed E-state index contributed by atoms with van der Waals surface area (Å²) in [6, 6.07) is 22.9. The Hall–Kier alpha value is -3.56. The fraction of sp³-hybridized carbons (Fsp3) is 0.125. The molecule has 0 aliphatic heterocycles. The van der Waals surface area contributed by atoms with E-state index in [1.165, 1.54) is 25.3 Å². The van der Waals surface area contributed by atoms with Gasteiger partial charge in [0, 0.05) is 5.56 Å². The van der Waals surface area contributed by atoms with Crippen LogP contribution in [0.1, 0.15) is 16.7 Å². The van der Waals surface area contributed by atoms with Crippen LogP contribution in [-0.2, 0) is 16.4 Å². The van der Waals surface area contributed by atoms with Gasteiger partial charge in [-0.3, -0.25) is 0 Å². The third kappa shape index (κ3) is 4.70. The fourth-order valence-corrected chi connectivity index (χ4v) is 4.00. The Morgan fingerprint density at radius 1 is 1.00 bits per heavy atom. The standard InChI is InChI=1S/C24H21NO4S/c1-18-11-13-21(14-12-18)30(26,27)22(16-25)15-20-9-6-10-23(28-2)24(20)29-17-19-7-4-3-5-8-19/h3-15H,17H2,1-2H3. The average Bonchev–Trinajstić information content (AvgIpc) is 2.77. The molecule has 0 radical (unpaired) electrons. The Balaban J connectivity index is 2.02. The molecule has 0 heterocycles. The number of ether oxygens (including phenoxy) is 2. The molecule has 0 saturated heterocycles. The zero-order valence-electron chi connectivity index (χ0n) is 16.7. The summed E-state index contributed by atoms with van der Waals surface area (Å²) in [5.74, 6) is 0.820. The van der Waals surface area contributed by atoms with E-state index in [4.69, 9.17) is 9.47 Å². The number of rotatable bonds is 7. The highest BCUT2D eigenvalue weighted by atomic mass is 32.2. The van der Waals surface area contributed by atoms with Crippen molar-refractivity contribution in [3.8, 4) is 17.6 Å². The largest absolute Gasteiger partial charge is 0.493 e. The van der Waals surface area contributed by atoms with Crippen LogP contribution in [0.4, 0.5) is 0 Å². The number of methoxy groups -OCH3 is 1. The maximum Gasteiger partial charge on any atom is 0.216 e. The summed E-state index contributed by atoms with van der Waals surface area (Å²) in [5.41, 5.74) is 2.32. The number of hydrogen-bond donors (Lipinski definition) is 0. The molecule has 152 valence electrons. The van der Waals surface area contributed by atoms with Crippen LogP contribution in [-0.4, -0.2) is 15.5 Å². The van der Waals surface area contributed by atoms with Gasteiger partial charge in [0.05, 0.1) is 12.0 Å². The first-order valence-electron chi connectivity index (χ1n) is 9.23. The van der Waals surface area contributed by atoms with Crippen LogP contribution in [0.5, 0.6) is 11.5 Å². The van der Waals surface area contributed by atoms with Crippen LogP contribution in [0.2, 0.25) is 0 Å². The quantitative estimate of drug-likeness (QED) is 0.508. The maximum absolute atomic E-state index is 13.0. The molecule has 3 rings (SSSR count). The maximum atomic E-state index is 13.0. The van der Waals surface area contributed by atoms with Crippen molar-refractivity contribution in [3.63, 3.8) is 0 Å². The highest BCUT2D eigenvalue weighted by molar-refractivity contribution is 7.95. The van der Waals surface area contributed by atoms with Gasteiger partial charge in [0.1, 0.15) is 17.6 Å². The van der Waals surface area contributed by atoms with Crippen molar-refractivity contribution in [2.75, 3.05) is 7.11 Å². The fourth-order valence-electron chi connectivity index (χ4n) is 2.85. The molecule has 6 heteroatoms. The summed E-state index contributed by atoms with van der Waals surface area (Å²) in [7, 11) is -2.46. The van der Waals surface area contributed by atoms with Crippen LogP contribution >= 0.6 is 0 Å². The van der Waals surface area contributed by atoms with E-state index in [9.17, 15) is 13.7 Å². The van der Waals surface area contributed by atoms with Crippen LogP contribution in [0, 0.1) is 18.3 Å². The lowest BCUT2D eigenvalue weighted by Crippen LogP contribution is -2.04. The normalized spacial score (nSPS) is 11.6. The van der Waals surface area contributed by atoms with Crippen molar-refractivity contribution >= 4 is 15.9 Å². The van der Waals surface area contributed by atoms with Crippen molar-refractivity contribution < 1.29 is 17.9 Å². The number of aryl methyl sites for hydroxylation is 1. The van der Waals surface area contributed by atoms with E-state index in [2.05, 4.69) is 0 Å². The van der Waals surface area contributed by atoms with Gasteiger partial charge in [0.15, 0.2) is 11.5 Å². The summed E-state index contributed by atoms with van der Waals surface area (Å²) < 4.78 is 37.3. The molecule has 0 aliphatic carbocycles. The molecule has 0 spiro atoms. The van der Waals surface area contributed by atoms with Gasteiger partial charge >= 0.3 is 0 Å². The number of hydrogen-bond acceptors (Lipinski definition) is 5. The molecule has 5 nitrogen and oxygen atoms in total. The molecule has 30 heavy (non-hydrogen) atoms. The molecule has 0 aromatic heterocycles. The minimum absolute atomic E-state index is 0.0653. The molecule has 0 amide bonds. The lowest BCUT2D eigenvalue weighted by atomic mass is 10.1. The Labute approximate surface area is 176 Å². The average molecular weight is 420 g/mol. The predicted molar refractivity (Wildman–Crippen MR) is 116 cm³/mol. The number of nitrogens with zero attached hydrogens (tertiary/aromatic N) is 1. The Bertz CT molecular complexity index is 1190. The Morgan fingerprint density at radius 3 is 2.33 bits per heavy atom.